The molecule has 0 unspecified atom stereocenters. The first-order valence-electron chi connectivity index (χ1n) is 10.6. The summed E-state index contributed by atoms with van der Waals surface area (Å²) < 4.78 is 19.4. The van der Waals surface area contributed by atoms with Gasteiger partial charge in [0.05, 0.1) is 26.4 Å². The monoisotopic (exact) mass is 502 g/mol. The van der Waals surface area contributed by atoms with Crippen LogP contribution in [0.3, 0.4) is 0 Å². The van der Waals surface area contributed by atoms with Crippen LogP contribution < -0.4 is 10.6 Å². The van der Waals surface area contributed by atoms with Crippen LogP contribution in [0.15, 0.2) is 0 Å². The van der Waals surface area contributed by atoms with Crippen molar-refractivity contribution in [1.82, 2.24) is 10.6 Å². The molecule has 2 saturated heterocycles. The zero-order chi connectivity index (χ0) is 22.5. The van der Waals surface area contributed by atoms with Crippen molar-refractivity contribution in [1.29, 1.82) is 0 Å². The molecule has 2 aliphatic heterocycles. The van der Waals surface area contributed by atoms with Gasteiger partial charge in [0.15, 0.2) is 0 Å². The first-order chi connectivity index (χ1) is 14.4. The van der Waals surface area contributed by atoms with E-state index < -0.39 is 0 Å². The third kappa shape index (κ3) is 10.8. The molecular weight excluding hydrogens is 467 g/mol. The van der Waals surface area contributed by atoms with Gasteiger partial charge in [-0.25, -0.2) is 0 Å². The summed E-state index contributed by atoms with van der Waals surface area (Å²) in [6.45, 7) is 8.49. The highest BCUT2D eigenvalue weighted by molar-refractivity contribution is 5.85. The van der Waals surface area contributed by atoms with E-state index >= 15 is 0 Å². The summed E-state index contributed by atoms with van der Waals surface area (Å²) >= 11 is 0. The molecule has 2 rings (SSSR count). The van der Waals surface area contributed by atoms with Crippen molar-refractivity contribution in [2.45, 2.75) is 77.5 Å². The molecule has 10 nitrogen and oxygen atoms in total. The summed E-state index contributed by atoms with van der Waals surface area (Å²) in [5, 5.41) is 5.82. The van der Waals surface area contributed by atoms with Crippen molar-refractivity contribution < 1.29 is 38.1 Å². The van der Waals surface area contributed by atoms with E-state index in [4.69, 9.17) is 18.9 Å². The molecule has 0 saturated carbocycles. The van der Waals surface area contributed by atoms with Gasteiger partial charge in [0.2, 0.25) is 0 Å². The van der Waals surface area contributed by atoms with E-state index in [1.54, 1.807) is 27.7 Å². The number of ether oxygens (including phenoxy) is 4. The molecule has 32 heavy (non-hydrogen) atoms. The number of halogens is 2. The molecule has 0 radical (unpaired) electrons. The Morgan fingerprint density at radius 2 is 0.719 bits per heavy atom. The lowest BCUT2D eigenvalue weighted by Crippen LogP contribution is -2.41. The molecular formula is C20H36Cl2N2O8. The van der Waals surface area contributed by atoms with Crippen LogP contribution in [-0.4, -0.2) is 74.5 Å². The van der Waals surface area contributed by atoms with Crippen LogP contribution in [0.2, 0.25) is 0 Å². The van der Waals surface area contributed by atoms with Gasteiger partial charge >= 0.3 is 23.9 Å². The summed E-state index contributed by atoms with van der Waals surface area (Å²) in [5.41, 5.74) is 0. The van der Waals surface area contributed by atoms with E-state index in [0.717, 1.165) is 0 Å². The van der Waals surface area contributed by atoms with Crippen molar-refractivity contribution in [3.05, 3.63) is 0 Å². The standard InChI is InChI=1S/2C10H17NO4.2ClH/c2*1-3-14-9(12)7-5-6-8(11-7)10(13)15-4-2;;/h2*7-8,11H,3-6H2,1-2H3;2*1H/t2*7-,8+;;. The number of esters is 4. The van der Waals surface area contributed by atoms with Gasteiger partial charge in [0.25, 0.3) is 0 Å². The average molecular weight is 503 g/mol. The van der Waals surface area contributed by atoms with Gasteiger partial charge in [-0.05, 0) is 53.4 Å². The first kappa shape index (κ1) is 32.6. The van der Waals surface area contributed by atoms with Crippen molar-refractivity contribution in [2.24, 2.45) is 0 Å². The van der Waals surface area contributed by atoms with Crippen molar-refractivity contribution >= 4 is 48.7 Å². The fourth-order valence-corrected chi connectivity index (χ4v) is 3.20. The van der Waals surface area contributed by atoms with Crippen molar-refractivity contribution in [3.8, 4) is 0 Å². The molecule has 188 valence electrons. The Balaban J connectivity index is 0. The summed E-state index contributed by atoms with van der Waals surface area (Å²) in [6.07, 6.45) is 2.51. The van der Waals surface area contributed by atoms with Crippen LogP contribution >= 0.6 is 24.8 Å². The number of hydrogen-bond donors (Lipinski definition) is 2. The second-order valence-electron chi connectivity index (χ2n) is 6.71. The predicted octanol–water partition coefficient (Wildman–Crippen LogP) is 1.31. The number of hydrogen-bond acceptors (Lipinski definition) is 10. The third-order valence-electron chi connectivity index (χ3n) is 4.58. The number of carbonyl (C=O) groups is 4. The number of rotatable bonds is 8. The minimum absolute atomic E-state index is 0. The van der Waals surface area contributed by atoms with Crippen LogP contribution in [-0.2, 0) is 38.1 Å². The Morgan fingerprint density at radius 1 is 0.531 bits per heavy atom. The highest BCUT2D eigenvalue weighted by Gasteiger charge is 2.35. The molecule has 2 heterocycles. The number of nitrogens with one attached hydrogen (secondary N) is 2. The van der Waals surface area contributed by atoms with Crippen LogP contribution in [0.1, 0.15) is 53.4 Å². The summed E-state index contributed by atoms with van der Waals surface area (Å²) in [4.78, 5) is 45.3. The molecule has 12 heteroatoms. The topological polar surface area (TPSA) is 129 Å². The van der Waals surface area contributed by atoms with E-state index in [2.05, 4.69) is 10.6 Å². The molecule has 0 aromatic heterocycles. The zero-order valence-corrected chi connectivity index (χ0v) is 20.7. The molecule has 2 N–H and O–H groups in total. The van der Waals surface area contributed by atoms with E-state index in [0.29, 0.717) is 52.1 Å². The van der Waals surface area contributed by atoms with Gasteiger partial charge < -0.3 is 18.9 Å². The van der Waals surface area contributed by atoms with Crippen LogP contribution in [0.25, 0.3) is 0 Å². The van der Waals surface area contributed by atoms with Gasteiger partial charge in [-0.2, -0.15) is 0 Å². The highest BCUT2D eigenvalue weighted by Crippen LogP contribution is 2.15. The maximum Gasteiger partial charge on any atom is 0.323 e. The normalized spacial score (nSPS) is 23.4. The Labute approximate surface area is 201 Å². The third-order valence-corrected chi connectivity index (χ3v) is 4.58. The van der Waals surface area contributed by atoms with Gasteiger partial charge in [-0.1, -0.05) is 0 Å². The van der Waals surface area contributed by atoms with E-state index in [9.17, 15) is 19.2 Å². The lowest BCUT2D eigenvalue weighted by Gasteiger charge is -2.12. The maximum absolute atomic E-state index is 11.3. The Hall–Kier alpha value is -1.62. The Bertz CT molecular complexity index is 496. The van der Waals surface area contributed by atoms with E-state index in [-0.39, 0.29) is 72.9 Å². The SMILES string of the molecule is CCOC(=O)[C@@H]1CC[C@H](C(=O)OCC)N1.CCOC(=O)[C@@H]1CC[C@H](C(=O)OCC)N1.Cl.Cl. The Kier molecular flexibility index (Phi) is 18.2. The summed E-state index contributed by atoms with van der Waals surface area (Å²) in [6, 6.07) is -1.45. The quantitative estimate of drug-likeness (QED) is 0.370. The smallest absolute Gasteiger partial charge is 0.323 e. The zero-order valence-electron chi connectivity index (χ0n) is 19.0. The molecule has 0 aromatic carbocycles. The fraction of sp³-hybridized carbons (Fsp3) is 0.800. The molecule has 0 aliphatic carbocycles. The van der Waals surface area contributed by atoms with Crippen LogP contribution in [0.5, 0.6) is 0 Å². The number of carbonyl (C=O) groups excluding carboxylic acids is 4. The fourth-order valence-electron chi connectivity index (χ4n) is 3.20. The molecule has 0 aromatic rings. The molecule has 2 fully saturated rings. The van der Waals surface area contributed by atoms with Crippen molar-refractivity contribution in [3.63, 3.8) is 0 Å². The second kappa shape index (κ2) is 17.9. The molecule has 2 aliphatic rings. The minimum atomic E-state index is -0.362. The highest BCUT2D eigenvalue weighted by atomic mass is 35.5. The second-order valence-corrected chi connectivity index (χ2v) is 6.71. The van der Waals surface area contributed by atoms with Gasteiger partial charge in [0, 0.05) is 0 Å². The van der Waals surface area contributed by atoms with Crippen LogP contribution in [0.4, 0.5) is 0 Å². The summed E-state index contributed by atoms with van der Waals surface area (Å²) in [5.74, 6) is -1.15. The average Bonchev–Trinajstić information content (AvgIpc) is 3.39. The minimum Gasteiger partial charge on any atom is -0.465 e. The molecule has 0 bridgehead atoms. The van der Waals surface area contributed by atoms with Crippen molar-refractivity contribution in [2.75, 3.05) is 26.4 Å². The van der Waals surface area contributed by atoms with Gasteiger partial charge in [0.1, 0.15) is 24.2 Å². The largest absolute Gasteiger partial charge is 0.465 e. The molecule has 0 spiro atoms. The van der Waals surface area contributed by atoms with Gasteiger partial charge in [-0.15, -0.1) is 24.8 Å². The summed E-state index contributed by atoms with van der Waals surface area (Å²) in [7, 11) is 0. The van der Waals surface area contributed by atoms with E-state index in [1.807, 2.05) is 0 Å². The lowest BCUT2D eigenvalue weighted by molar-refractivity contribution is -0.148. The molecule has 4 atom stereocenters. The maximum atomic E-state index is 11.3. The Morgan fingerprint density at radius 3 is 0.875 bits per heavy atom. The molecule has 0 amide bonds. The lowest BCUT2D eigenvalue weighted by atomic mass is 10.2. The van der Waals surface area contributed by atoms with E-state index in [1.165, 1.54) is 0 Å². The first-order valence-corrected chi connectivity index (χ1v) is 10.6. The van der Waals surface area contributed by atoms with Gasteiger partial charge in [-0.3, -0.25) is 29.8 Å². The predicted molar refractivity (Wildman–Crippen MR) is 121 cm³/mol. The van der Waals surface area contributed by atoms with Crippen LogP contribution in [0, 0.1) is 0 Å².